The molecule has 7 heteroatoms. The first kappa shape index (κ1) is 19.8. The highest BCUT2D eigenvalue weighted by molar-refractivity contribution is 9.10. The fourth-order valence-corrected chi connectivity index (χ4v) is 3.83. The summed E-state index contributed by atoms with van der Waals surface area (Å²) in [5.41, 5.74) is 1.37. The fraction of sp³-hybridized carbons (Fsp3) is 0.0870. The highest BCUT2D eigenvalue weighted by Gasteiger charge is 2.33. The van der Waals surface area contributed by atoms with Gasteiger partial charge in [-0.15, -0.1) is 0 Å². The minimum atomic E-state index is -0.788. The molecule has 30 heavy (non-hydrogen) atoms. The van der Waals surface area contributed by atoms with Crippen molar-refractivity contribution in [1.29, 1.82) is 0 Å². The van der Waals surface area contributed by atoms with Gasteiger partial charge >= 0.3 is 11.9 Å². The van der Waals surface area contributed by atoms with Crippen molar-refractivity contribution in [3.05, 3.63) is 87.5 Å². The van der Waals surface area contributed by atoms with Crippen molar-refractivity contribution in [1.82, 2.24) is 4.40 Å². The number of hydrogen-bond acceptors (Lipinski definition) is 5. The van der Waals surface area contributed by atoms with Crippen LogP contribution in [0.15, 0.2) is 65.1 Å². The molecule has 0 aliphatic heterocycles. The first-order chi connectivity index (χ1) is 14.5. The average Bonchev–Trinajstić information content (AvgIpc) is 3.13. The Morgan fingerprint density at radius 3 is 2.07 bits per heavy atom. The van der Waals surface area contributed by atoms with E-state index in [-0.39, 0.29) is 16.8 Å². The van der Waals surface area contributed by atoms with E-state index in [0.717, 1.165) is 9.86 Å². The largest absolute Gasteiger partial charge is 0.465 e. The molecule has 0 atom stereocenters. The maximum atomic E-state index is 13.6. The van der Waals surface area contributed by atoms with Gasteiger partial charge in [-0.05, 0) is 41.8 Å². The van der Waals surface area contributed by atoms with Crippen LogP contribution in [0.2, 0.25) is 0 Å². The predicted molar refractivity (Wildman–Crippen MR) is 115 cm³/mol. The molecule has 2 heterocycles. The summed E-state index contributed by atoms with van der Waals surface area (Å²) >= 11 is 3.35. The molecule has 2 aromatic heterocycles. The minimum absolute atomic E-state index is 0.00411. The second-order valence-electron chi connectivity index (χ2n) is 6.53. The molecule has 0 N–H and O–H groups in total. The van der Waals surface area contributed by atoms with Gasteiger partial charge in [0, 0.05) is 10.0 Å². The number of aromatic nitrogens is 1. The van der Waals surface area contributed by atoms with Gasteiger partial charge in [-0.2, -0.15) is 0 Å². The second-order valence-corrected chi connectivity index (χ2v) is 7.45. The van der Waals surface area contributed by atoms with E-state index in [9.17, 15) is 14.4 Å². The Bertz CT molecular complexity index is 1320. The number of benzene rings is 2. The third kappa shape index (κ3) is 3.07. The summed E-state index contributed by atoms with van der Waals surface area (Å²) in [6.07, 6.45) is 0. The van der Waals surface area contributed by atoms with Crippen LogP contribution < -0.4 is 0 Å². The third-order valence-corrected chi connectivity index (χ3v) is 5.44. The van der Waals surface area contributed by atoms with Gasteiger partial charge in [-0.25, -0.2) is 9.59 Å². The van der Waals surface area contributed by atoms with Gasteiger partial charge in [0.1, 0.15) is 16.8 Å². The summed E-state index contributed by atoms with van der Waals surface area (Å²) in [6, 6.07) is 17.7. The number of ether oxygens (including phenoxy) is 2. The molecule has 0 radical (unpaired) electrons. The van der Waals surface area contributed by atoms with Gasteiger partial charge in [0.15, 0.2) is 0 Å². The molecule has 0 amide bonds. The molecule has 0 bridgehead atoms. The number of para-hydroxylation sites is 1. The van der Waals surface area contributed by atoms with Gasteiger partial charge in [0.05, 0.1) is 25.3 Å². The predicted octanol–water partition coefficient (Wildman–Crippen LogP) is 4.66. The first-order valence-corrected chi connectivity index (χ1v) is 9.80. The molecule has 0 aliphatic rings. The van der Waals surface area contributed by atoms with E-state index < -0.39 is 17.7 Å². The maximum Gasteiger partial charge on any atom is 0.341 e. The Balaban J connectivity index is 2.19. The number of ketones is 1. The molecule has 4 rings (SSSR count). The SMILES string of the molecule is COC(=O)c1c(C(=O)OC)c2ccc3ccccc3n2c1C(=O)c1ccc(Br)cc1. The molecule has 0 saturated carbocycles. The Kier molecular flexibility index (Phi) is 5.13. The highest BCUT2D eigenvalue weighted by Crippen LogP contribution is 2.31. The van der Waals surface area contributed by atoms with Crippen molar-refractivity contribution >= 4 is 50.1 Å². The van der Waals surface area contributed by atoms with Gasteiger partial charge in [0.2, 0.25) is 5.78 Å². The zero-order valence-electron chi connectivity index (χ0n) is 16.1. The monoisotopic (exact) mass is 465 g/mol. The molecule has 150 valence electrons. The number of carbonyl (C=O) groups is 3. The van der Waals surface area contributed by atoms with Crippen LogP contribution in [-0.4, -0.2) is 36.3 Å². The van der Waals surface area contributed by atoms with Crippen molar-refractivity contribution in [3.8, 4) is 0 Å². The lowest BCUT2D eigenvalue weighted by Gasteiger charge is -2.08. The third-order valence-electron chi connectivity index (χ3n) is 4.91. The first-order valence-electron chi connectivity index (χ1n) is 9.01. The number of carbonyl (C=O) groups excluding carboxylic acids is 3. The quantitative estimate of drug-likeness (QED) is 0.323. The van der Waals surface area contributed by atoms with Crippen LogP contribution in [0.3, 0.4) is 0 Å². The maximum absolute atomic E-state index is 13.6. The molecular weight excluding hydrogens is 450 g/mol. The number of esters is 2. The van der Waals surface area contributed by atoms with E-state index in [1.165, 1.54) is 14.2 Å². The van der Waals surface area contributed by atoms with Crippen molar-refractivity contribution in [3.63, 3.8) is 0 Å². The number of hydrogen-bond donors (Lipinski definition) is 0. The summed E-state index contributed by atoms with van der Waals surface area (Å²) < 4.78 is 12.3. The minimum Gasteiger partial charge on any atom is -0.465 e. The van der Waals surface area contributed by atoms with Crippen LogP contribution in [0.1, 0.15) is 36.8 Å². The van der Waals surface area contributed by atoms with Crippen molar-refractivity contribution in [2.24, 2.45) is 0 Å². The zero-order chi connectivity index (χ0) is 21.4. The van der Waals surface area contributed by atoms with Crippen molar-refractivity contribution < 1.29 is 23.9 Å². The summed E-state index contributed by atoms with van der Waals surface area (Å²) in [6.45, 7) is 0. The standard InChI is InChI=1S/C23H16BrNO5/c1-29-22(27)18-17-12-9-13-5-3-4-6-16(13)25(17)20(19(18)23(28)30-2)21(26)14-7-10-15(24)11-8-14/h3-12H,1-2H3. The Morgan fingerprint density at radius 2 is 1.40 bits per heavy atom. The van der Waals surface area contributed by atoms with E-state index >= 15 is 0 Å². The molecule has 0 saturated heterocycles. The lowest BCUT2D eigenvalue weighted by atomic mass is 10.0. The van der Waals surface area contributed by atoms with Crippen molar-refractivity contribution in [2.75, 3.05) is 14.2 Å². The number of pyridine rings is 1. The molecule has 0 unspecified atom stereocenters. The second kappa shape index (κ2) is 7.76. The van der Waals surface area contributed by atoms with Crippen LogP contribution in [0, 0.1) is 0 Å². The smallest absolute Gasteiger partial charge is 0.341 e. The summed E-state index contributed by atoms with van der Waals surface area (Å²) in [4.78, 5) is 39.0. The molecule has 0 fully saturated rings. The van der Waals surface area contributed by atoms with Gasteiger partial charge < -0.3 is 13.9 Å². The van der Waals surface area contributed by atoms with Gasteiger partial charge in [-0.3, -0.25) is 4.79 Å². The Labute approximate surface area is 180 Å². The summed E-state index contributed by atoms with van der Waals surface area (Å²) in [5.74, 6) is -1.92. The van der Waals surface area contributed by atoms with E-state index in [1.807, 2.05) is 30.3 Å². The van der Waals surface area contributed by atoms with Crippen LogP contribution in [-0.2, 0) is 9.47 Å². The topological polar surface area (TPSA) is 74.1 Å². The van der Waals surface area contributed by atoms with Gasteiger partial charge in [-0.1, -0.05) is 40.2 Å². The molecular formula is C23H16BrNO5. The van der Waals surface area contributed by atoms with E-state index in [0.29, 0.717) is 16.6 Å². The number of rotatable bonds is 4. The Hall–Kier alpha value is -3.45. The van der Waals surface area contributed by atoms with Crippen LogP contribution in [0.25, 0.3) is 16.4 Å². The lowest BCUT2D eigenvalue weighted by Crippen LogP contribution is -2.15. The normalized spacial score (nSPS) is 10.9. The van der Waals surface area contributed by atoms with Crippen LogP contribution in [0.5, 0.6) is 0 Å². The van der Waals surface area contributed by atoms with E-state index in [4.69, 9.17) is 9.47 Å². The number of nitrogens with zero attached hydrogens (tertiary/aromatic N) is 1. The molecule has 2 aromatic carbocycles. The number of halogens is 1. The summed E-state index contributed by atoms with van der Waals surface area (Å²) in [7, 11) is 2.43. The molecule has 4 aromatic rings. The van der Waals surface area contributed by atoms with E-state index in [2.05, 4.69) is 15.9 Å². The molecule has 0 aliphatic carbocycles. The van der Waals surface area contributed by atoms with Crippen molar-refractivity contribution in [2.45, 2.75) is 0 Å². The van der Waals surface area contributed by atoms with Gasteiger partial charge in [0.25, 0.3) is 0 Å². The van der Waals surface area contributed by atoms with Crippen LogP contribution >= 0.6 is 15.9 Å². The zero-order valence-corrected chi connectivity index (χ0v) is 17.7. The fourth-order valence-electron chi connectivity index (χ4n) is 3.56. The molecule has 6 nitrogen and oxygen atoms in total. The van der Waals surface area contributed by atoms with E-state index in [1.54, 1.807) is 34.7 Å². The number of fused-ring (bicyclic) bond motifs is 3. The van der Waals surface area contributed by atoms with Crippen LogP contribution in [0.4, 0.5) is 0 Å². The lowest BCUT2D eigenvalue weighted by molar-refractivity contribution is 0.0556. The average molecular weight is 466 g/mol. The summed E-state index contributed by atoms with van der Waals surface area (Å²) in [5, 5.41) is 0.845. The Morgan fingerprint density at radius 1 is 0.767 bits per heavy atom. The highest BCUT2D eigenvalue weighted by atomic mass is 79.9. The number of methoxy groups -OCH3 is 2. The molecule has 0 spiro atoms.